The molecule has 0 aromatic heterocycles. The van der Waals surface area contributed by atoms with Gasteiger partial charge in [-0.25, -0.2) is 0 Å². The van der Waals surface area contributed by atoms with E-state index in [0.717, 1.165) is 6.42 Å². The van der Waals surface area contributed by atoms with Crippen LogP contribution in [0.2, 0.25) is 0 Å². The lowest BCUT2D eigenvalue weighted by Crippen LogP contribution is -2.05. The van der Waals surface area contributed by atoms with E-state index in [4.69, 9.17) is 4.74 Å². The lowest BCUT2D eigenvalue weighted by Gasteiger charge is -2.02. The summed E-state index contributed by atoms with van der Waals surface area (Å²) in [5.41, 5.74) is 0.323. The quantitative estimate of drug-likeness (QED) is 0.493. The fourth-order valence-electron chi connectivity index (χ4n) is 2.04. The Morgan fingerprint density at radius 1 is 1.54 bits per heavy atom. The minimum absolute atomic E-state index is 0.181. The summed E-state index contributed by atoms with van der Waals surface area (Å²) in [5.74, 6) is 0.985. The lowest BCUT2D eigenvalue weighted by atomic mass is 10.1. The lowest BCUT2D eigenvalue weighted by molar-refractivity contribution is -0.141. The summed E-state index contributed by atoms with van der Waals surface area (Å²) < 4.78 is 5.00. The van der Waals surface area contributed by atoms with E-state index in [1.54, 1.807) is 0 Å². The third-order valence-electron chi connectivity index (χ3n) is 3.17. The van der Waals surface area contributed by atoms with Crippen molar-refractivity contribution in [2.75, 3.05) is 6.61 Å². The third-order valence-corrected chi connectivity index (χ3v) is 3.17. The van der Waals surface area contributed by atoms with Crippen LogP contribution >= 0.6 is 0 Å². The molecule has 0 saturated heterocycles. The molecule has 2 nitrogen and oxygen atoms in total. The molecular weight excluding hydrogens is 164 g/mol. The minimum atomic E-state index is -0.181. The van der Waals surface area contributed by atoms with Crippen LogP contribution in [-0.4, -0.2) is 12.6 Å². The van der Waals surface area contributed by atoms with Gasteiger partial charge in [-0.15, -0.1) is 6.58 Å². The number of hydrogen-bond acceptors (Lipinski definition) is 2. The average molecular weight is 182 g/mol. The van der Waals surface area contributed by atoms with Crippen molar-refractivity contribution in [3.05, 3.63) is 12.7 Å². The molecule has 74 valence electrons. The van der Waals surface area contributed by atoms with Crippen LogP contribution in [0.25, 0.3) is 0 Å². The summed E-state index contributed by atoms with van der Waals surface area (Å²) in [6, 6.07) is 0. The van der Waals surface area contributed by atoms with Gasteiger partial charge in [-0.3, -0.25) is 4.79 Å². The standard InChI is InChI=1S/C11H18O2/c1-5-6-9-10(11(9,3)4)7-13-8(2)12/h5,9-10H,1,6-7H2,2-4H3/t9-,10-/m0/s1. The number of carbonyl (C=O) groups is 1. The molecule has 1 aliphatic carbocycles. The number of carbonyl (C=O) groups excluding carboxylic acids is 1. The molecule has 0 amide bonds. The van der Waals surface area contributed by atoms with Crippen molar-refractivity contribution in [1.29, 1.82) is 0 Å². The Labute approximate surface area is 80.0 Å². The van der Waals surface area contributed by atoms with Gasteiger partial charge in [-0.05, 0) is 17.8 Å². The van der Waals surface area contributed by atoms with Crippen LogP contribution in [0.5, 0.6) is 0 Å². The number of esters is 1. The van der Waals surface area contributed by atoms with Crippen LogP contribution in [-0.2, 0) is 9.53 Å². The van der Waals surface area contributed by atoms with E-state index in [0.29, 0.717) is 23.9 Å². The molecule has 1 rings (SSSR count). The topological polar surface area (TPSA) is 26.3 Å². The molecule has 1 saturated carbocycles. The first kappa shape index (κ1) is 10.3. The molecule has 0 spiro atoms. The molecule has 0 N–H and O–H groups in total. The van der Waals surface area contributed by atoms with Crippen molar-refractivity contribution in [3.63, 3.8) is 0 Å². The molecule has 1 aliphatic rings. The molecule has 0 unspecified atom stereocenters. The van der Waals surface area contributed by atoms with Crippen LogP contribution in [0.15, 0.2) is 12.7 Å². The van der Waals surface area contributed by atoms with Crippen molar-refractivity contribution in [2.24, 2.45) is 17.3 Å². The summed E-state index contributed by atoms with van der Waals surface area (Å²) in [6.45, 7) is 10.2. The molecule has 1 fully saturated rings. The van der Waals surface area contributed by atoms with E-state index in [2.05, 4.69) is 20.4 Å². The molecule has 0 aliphatic heterocycles. The largest absolute Gasteiger partial charge is 0.466 e. The Morgan fingerprint density at radius 3 is 2.62 bits per heavy atom. The van der Waals surface area contributed by atoms with E-state index in [9.17, 15) is 4.79 Å². The Morgan fingerprint density at radius 2 is 2.15 bits per heavy atom. The van der Waals surface area contributed by atoms with Crippen molar-refractivity contribution >= 4 is 5.97 Å². The van der Waals surface area contributed by atoms with Crippen molar-refractivity contribution < 1.29 is 9.53 Å². The maximum Gasteiger partial charge on any atom is 0.302 e. The molecular formula is C11H18O2. The van der Waals surface area contributed by atoms with Crippen molar-refractivity contribution in [1.82, 2.24) is 0 Å². The van der Waals surface area contributed by atoms with Crippen molar-refractivity contribution in [2.45, 2.75) is 27.2 Å². The smallest absolute Gasteiger partial charge is 0.302 e. The Hall–Kier alpha value is -0.790. The van der Waals surface area contributed by atoms with E-state index < -0.39 is 0 Å². The SMILES string of the molecule is C=CC[C@H]1[C@H](COC(C)=O)C1(C)C. The van der Waals surface area contributed by atoms with E-state index >= 15 is 0 Å². The Balaban J connectivity index is 2.36. The fourth-order valence-corrected chi connectivity index (χ4v) is 2.04. The molecule has 0 radical (unpaired) electrons. The van der Waals surface area contributed by atoms with E-state index in [-0.39, 0.29) is 5.97 Å². The van der Waals surface area contributed by atoms with Gasteiger partial charge in [-0.2, -0.15) is 0 Å². The van der Waals surface area contributed by atoms with Crippen molar-refractivity contribution in [3.8, 4) is 0 Å². The summed E-state index contributed by atoms with van der Waals surface area (Å²) in [6.07, 6.45) is 2.97. The first-order valence-electron chi connectivity index (χ1n) is 4.74. The first-order valence-corrected chi connectivity index (χ1v) is 4.74. The molecule has 0 aromatic carbocycles. The highest BCUT2D eigenvalue weighted by Gasteiger charge is 2.56. The minimum Gasteiger partial charge on any atom is -0.466 e. The first-order chi connectivity index (χ1) is 6.00. The van der Waals surface area contributed by atoms with Gasteiger partial charge in [0.25, 0.3) is 0 Å². The highest BCUT2D eigenvalue weighted by molar-refractivity contribution is 5.65. The Bertz CT molecular complexity index is 218. The monoisotopic (exact) mass is 182 g/mol. The van der Waals surface area contributed by atoms with Crippen LogP contribution in [0.1, 0.15) is 27.2 Å². The second-order valence-electron chi connectivity index (χ2n) is 4.36. The number of ether oxygens (including phenoxy) is 1. The highest BCUT2D eigenvalue weighted by Crippen LogP contribution is 2.60. The van der Waals surface area contributed by atoms with E-state index in [1.165, 1.54) is 6.92 Å². The molecule has 13 heavy (non-hydrogen) atoms. The highest BCUT2D eigenvalue weighted by atomic mass is 16.5. The van der Waals surface area contributed by atoms with Gasteiger partial charge in [0.1, 0.15) is 0 Å². The van der Waals surface area contributed by atoms with Gasteiger partial charge < -0.3 is 4.74 Å². The van der Waals surface area contributed by atoms with Gasteiger partial charge in [0.05, 0.1) is 6.61 Å². The van der Waals surface area contributed by atoms with Crippen LogP contribution < -0.4 is 0 Å². The zero-order valence-corrected chi connectivity index (χ0v) is 8.67. The number of hydrogen-bond donors (Lipinski definition) is 0. The maximum atomic E-state index is 10.6. The molecule has 2 heteroatoms. The predicted molar refractivity (Wildman–Crippen MR) is 52.2 cm³/mol. The zero-order valence-electron chi connectivity index (χ0n) is 8.67. The molecule has 0 aromatic rings. The Kier molecular flexibility index (Phi) is 2.79. The fraction of sp³-hybridized carbons (Fsp3) is 0.727. The predicted octanol–water partition coefficient (Wildman–Crippen LogP) is 2.40. The molecule has 0 bridgehead atoms. The summed E-state index contributed by atoms with van der Waals surface area (Å²) >= 11 is 0. The molecule has 0 heterocycles. The summed E-state index contributed by atoms with van der Waals surface area (Å²) in [4.78, 5) is 10.6. The maximum absolute atomic E-state index is 10.6. The average Bonchev–Trinajstić information content (AvgIpc) is 2.51. The normalized spacial score (nSPS) is 29.5. The number of rotatable bonds is 4. The van der Waals surface area contributed by atoms with Gasteiger partial charge in [-0.1, -0.05) is 19.9 Å². The van der Waals surface area contributed by atoms with Gasteiger partial charge in [0.15, 0.2) is 0 Å². The zero-order chi connectivity index (χ0) is 10.1. The summed E-state index contributed by atoms with van der Waals surface area (Å²) in [5, 5.41) is 0. The third kappa shape index (κ3) is 2.11. The van der Waals surface area contributed by atoms with Crippen LogP contribution in [0.3, 0.4) is 0 Å². The van der Waals surface area contributed by atoms with Crippen LogP contribution in [0, 0.1) is 17.3 Å². The van der Waals surface area contributed by atoms with Gasteiger partial charge in [0.2, 0.25) is 0 Å². The summed E-state index contributed by atoms with van der Waals surface area (Å²) in [7, 11) is 0. The second kappa shape index (κ2) is 3.52. The van der Waals surface area contributed by atoms with Gasteiger partial charge in [0, 0.05) is 12.8 Å². The number of allylic oxidation sites excluding steroid dienone is 1. The van der Waals surface area contributed by atoms with Crippen LogP contribution in [0.4, 0.5) is 0 Å². The molecule has 2 atom stereocenters. The van der Waals surface area contributed by atoms with Gasteiger partial charge >= 0.3 is 5.97 Å². The second-order valence-corrected chi connectivity index (χ2v) is 4.36. The van der Waals surface area contributed by atoms with E-state index in [1.807, 2.05) is 6.08 Å².